The molecule has 0 fully saturated rings. The van der Waals surface area contributed by atoms with E-state index in [0.29, 0.717) is 0 Å². The third kappa shape index (κ3) is 3.93. The molecule has 0 amide bonds. The van der Waals surface area contributed by atoms with Gasteiger partial charge in [-0.1, -0.05) is 41.9 Å². The van der Waals surface area contributed by atoms with Crippen LogP contribution in [0.3, 0.4) is 0 Å². The summed E-state index contributed by atoms with van der Waals surface area (Å²) >= 11 is 7.74. The van der Waals surface area contributed by atoms with Gasteiger partial charge in [-0.25, -0.2) is 0 Å². The van der Waals surface area contributed by atoms with E-state index in [-0.39, 0.29) is 0 Å². The van der Waals surface area contributed by atoms with Gasteiger partial charge in [0.05, 0.1) is 0 Å². The van der Waals surface area contributed by atoms with Gasteiger partial charge in [0.2, 0.25) is 0 Å². The lowest BCUT2D eigenvalue weighted by molar-refractivity contribution is 1.22. The van der Waals surface area contributed by atoms with Crippen LogP contribution in [0.1, 0.15) is 0 Å². The number of halogens is 1. The lowest BCUT2D eigenvalue weighted by Crippen LogP contribution is -2.03. The third-order valence-electron chi connectivity index (χ3n) is 3.27. The van der Waals surface area contributed by atoms with Gasteiger partial charge in [0.15, 0.2) is 0 Å². The minimum Gasteiger partial charge on any atom is -0.384 e. The Balaban J connectivity index is 1.53. The molecule has 1 nitrogen and oxygen atoms in total. The molecule has 1 N–H and O–H groups in total. The molecule has 0 atom stereocenters. The van der Waals surface area contributed by atoms with Crippen LogP contribution in [0.2, 0.25) is 5.02 Å². The summed E-state index contributed by atoms with van der Waals surface area (Å²) in [5.74, 6) is 1.03. The van der Waals surface area contributed by atoms with Crippen LogP contribution in [-0.4, -0.2) is 12.3 Å². The highest BCUT2D eigenvalue weighted by atomic mass is 35.5. The summed E-state index contributed by atoms with van der Waals surface area (Å²) < 4.78 is 0. The zero-order chi connectivity index (χ0) is 14.5. The lowest BCUT2D eigenvalue weighted by atomic mass is 10.1. The Morgan fingerprint density at radius 1 is 0.857 bits per heavy atom. The van der Waals surface area contributed by atoms with Crippen molar-refractivity contribution in [3.63, 3.8) is 0 Å². The van der Waals surface area contributed by atoms with E-state index in [1.807, 2.05) is 36.0 Å². The maximum absolute atomic E-state index is 5.87. The van der Waals surface area contributed by atoms with Crippen LogP contribution in [0.25, 0.3) is 10.8 Å². The molecule has 0 bridgehead atoms. The predicted molar refractivity (Wildman–Crippen MR) is 94.6 cm³/mol. The first kappa shape index (κ1) is 14.3. The van der Waals surface area contributed by atoms with Crippen molar-refractivity contribution in [3.8, 4) is 0 Å². The minimum absolute atomic E-state index is 0.770. The zero-order valence-corrected chi connectivity index (χ0v) is 13.1. The van der Waals surface area contributed by atoms with Crippen LogP contribution in [-0.2, 0) is 0 Å². The van der Waals surface area contributed by atoms with E-state index in [1.54, 1.807) is 0 Å². The van der Waals surface area contributed by atoms with E-state index in [9.17, 15) is 0 Å². The molecule has 0 aliphatic carbocycles. The summed E-state index contributed by atoms with van der Waals surface area (Å²) in [5.41, 5.74) is 1.11. The number of rotatable bonds is 5. The molecule has 0 saturated heterocycles. The SMILES string of the molecule is Clc1ccc(NCCSc2ccc3ccccc3c2)cc1. The van der Waals surface area contributed by atoms with Crippen LogP contribution < -0.4 is 5.32 Å². The number of anilines is 1. The highest BCUT2D eigenvalue weighted by Crippen LogP contribution is 2.23. The quantitative estimate of drug-likeness (QED) is 0.479. The van der Waals surface area contributed by atoms with Crippen LogP contribution in [0.15, 0.2) is 71.6 Å². The van der Waals surface area contributed by atoms with Gasteiger partial charge in [0.1, 0.15) is 0 Å². The number of fused-ring (bicyclic) bond motifs is 1. The Labute approximate surface area is 134 Å². The molecule has 0 spiro atoms. The molecular weight excluding hydrogens is 298 g/mol. The highest BCUT2D eigenvalue weighted by Gasteiger charge is 1.97. The summed E-state index contributed by atoms with van der Waals surface area (Å²) in [5, 5.41) is 6.76. The molecule has 0 saturated carbocycles. The van der Waals surface area contributed by atoms with E-state index >= 15 is 0 Å². The van der Waals surface area contributed by atoms with Gasteiger partial charge in [-0.15, -0.1) is 11.8 Å². The second kappa shape index (κ2) is 6.88. The lowest BCUT2D eigenvalue weighted by Gasteiger charge is -2.07. The Kier molecular flexibility index (Phi) is 4.69. The topological polar surface area (TPSA) is 12.0 Å². The second-order valence-corrected chi connectivity index (χ2v) is 6.40. The summed E-state index contributed by atoms with van der Waals surface area (Å²) in [7, 11) is 0. The molecule has 0 heterocycles. The van der Waals surface area contributed by atoms with Crippen LogP contribution in [0.4, 0.5) is 5.69 Å². The Bertz CT molecular complexity index is 725. The molecule has 0 aliphatic heterocycles. The van der Waals surface area contributed by atoms with Gasteiger partial charge in [-0.05, 0) is 47.2 Å². The van der Waals surface area contributed by atoms with Crippen molar-refractivity contribution in [3.05, 3.63) is 71.8 Å². The highest BCUT2D eigenvalue weighted by molar-refractivity contribution is 7.99. The normalized spacial score (nSPS) is 10.7. The van der Waals surface area contributed by atoms with Crippen LogP contribution in [0, 0.1) is 0 Å². The van der Waals surface area contributed by atoms with E-state index in [0.717, 1.165) is 23.0 Å². The molecule has 106 valence electrons. The first-order valence-corrected chi connectivity index (χ1v) is 8.29. The summed E-state index contributed by atoms with van der Waals surface area (Å²) in [4.78, 5) is 1.31. The van der Waals surface area contributed by atoms with E-state index < -0.39 is 0 Å². The van der Waals surface area contributed by atoms with Gasteiger partial charge >= 0.3 is 0 Å². The summed E-state index contributed by atoms with van der Waals surface area (Å²) in [6, 6.07) is 22.9. The molecule has 3 aromatic rings. The average Bonchev–Trinajstić information content (AvgIpc) is 2.53. The Morgan fingerprint density at radius 2 is 1.62 bits per heavy atom. The first-order chi connectivity index (χ1) is 10.3. The van der Waals surface area contributed by atoms with Crippen molar-refractivity contribution >= 4 is 39.8 Å². The van der Waals surface area contributed by atoms with Crippen molar-refractivity contribution in [1.82, 2.24) is 0 Å². The standard InChI is InChI=1S/C18H16ClNS/c19-16-6-8-17(9-7-16)20-11-12-21-18-10-5-14-3-1-2-4-15(14)13-18/h1-10,13,20H,11-12H2. The summed E-state index contributed by atoms with van der Waals surface area (Å²) in [6.45, 7) is 0.930. The fourth-order valence-corrected chi connectivity index (χ4v) is 3.13. The molecule has 0 unspecified atom stereocenters. The number of hydrogen-bond acceptors (Lipinski definition) is 2. The number of hydrogen-bond donors (Lipinski definition) is 1. The fraction of sp³-hybridized carbons (Fsp3) is 0.111. The number of thioether (sulfide) groups is 1. The van der Waals surface area contributed by atoms with Crippen LogP contribution in [0.5, 0.6) is 0 Å². The van der Waals surface area contributed by atoms with Gasteiger partial charge in [0, 0.05) is 27.9 Å². The monoisotopic (exact) mass is 313 g/mol. The second-order valence-electron chi connectivity index (χ2n) is 4.79. The smallest absolute Gasteiger partial charge is 0.0407 e. The maximum atomic E-state index is 5.87. The molecule has 3 aromatic carbocycles. The Morgan fingerprint density at radius 3 is 2.43 bits per heavy atom. The largest absolute Gasteiger partial charge is 0.384 e. The van der Waals surface area contributed by atoms with Gasteiger partial charge in [-0.2, -0.15) is 0 Å². The van der Waals surface area contributed by atoms with Crippen molar-refractivity contribution in [2.24, 2.45) is 0 Å². The number of nitrogens with one attached hydrogen (secondary N) is 1. The van der Waals surface area contributed by atoms with E-state index in [2.05, 4.69) is 47.8 Å². The fourth-order valence-electron chi connectivity index (χ4n) is 2.19. The molecule has 3 heteroatoms. The van der Waals surface area contributed by atoms with Gasteiger partial charge in [0.25, 0.3) is 0 Å². The summed E-state index contributed by atoms with van der Waals surface area (Å²) in [6.07, 6.45) is 0. The van der Waals surface area contributed by atoms with Crippen molar-refractivity contribution in [1.29, 1.82) is 0 Å². The van der Waals surface area contributed by atoms with Gasteiger partial charge < -0.3 is 5.32 Å². The van der Waals surface area contributed by atoms with Crippen LogP contribution >= 0.6 is 23.4 Å². The predicted octanol–water partition coefficient (Wildman–Crippen LogP) is 5.70. The molecule has 0 aliphatic rings. The average molecular weight is 314 g/mol. The maximum Gasteiger partial charge on any atom is 0.0407 e. The molecule has 21 heavy (non-hydrogen) atoms. The Hall–Kier alpha value is -1.64. The third-order valence-corrected chi connectivity index (χ3v) is 4.51. The number of benzene rings is 3. The minimum atomic E-state index is 0.770. The van der Waals surface area contributed by atoms with E-state index in [1.165, 1.54) is 15.7 Å². The van der Waals surface area contributed by atoms with Crippen molar-refractivity contribution in [2.45, 2.75) is 4.90 Å². The molecule has 0 aromatic heterocycles. The molecular formula is C18H16ClNS. The van der Waals surface area contributed by atoms with E-state index in [4.69, 9.17) is 11.6 Å². The molecule has 3 rings (SSSR count). The van der Waals surface area contributed by atoms with Gasteiger partial charge in [-0.3, -0.25) is 0 Å². The zero-order valence-electron chi connectivity index (χ0n) is 11.6. The molecule has 0 radical (unpaired) electrons. The first-order valence-electron chi connectivity index (χ1n) is 6.92. The van der Waals surface area contributed by atoms with Crippen molar-refractivity contribution in [2.75, 3.05) is 17.6 Å². The van der Waals surface area contributed by atoms with Crippen molar-refractivity contribution < 1.29 is 0 Å².